The van der Waals surface area contributed by atoms with Crippen LogP contribution in [0.5, 0.6) is 0 Å². The lowest BCUT2D eigenvalue weighted by molar-refractivity contribution is -0.122. The van der Waals surface area contributed by atoms with Crippen molar-refractivity contribution in [2.75, 3.05) is 6.54 Å². The average molecular weight is 284 g/mol. The highest BCUT2D eigenvalue weighted by atomic mass is 79.9. The van der Waals surface area contributed by atoms with Crippen molar-refractivity contribution < 1.29 is 4.79 Å². The molecule has 88 valence electrons. The first-order valence-corrected chi connectivity index (χ1v) is 6.33. The van der Waals surface area contributed by atoms with Crippen LogP contribution in [0.4, 0.5) is 0 Å². The fourth-order valence-electron chi connectivity index (χ4n) is 1.39. The Bertz CT molecular complexity index is 363. The standard InChI is InChI=1S/C13H18BrNO/c1-9(2)8-15-13(16)10(3)11-5-4-6-12(14)7-11/h4-7,9-10H,8H2,1-3H3,(H,15,16). The zero-order valence-electron chi connectivity index (χ0n) is 9.96. The summed E-state index contributed by atoms with van der Waals surface area (Å²) in [6.45, 7) is 6.84. The Morgan fingerprint density at radius 2 is 2.06 bits per heavy atom. The smallest absolute Gasteiger partial charge is 0.227 e. The Hall–Kier alpha value is -0.830. The topological polar surface area (TPSA) is 29.1 Å². The summed E-state index contributed by atoms with van der Waals surface area (Å²) in [6.07, 6.45) is 0. The van der Waals surface area contributed by atoms with Gasteiger partial charge in [-0.15, -0.1) is 0 Å². The molecule has 1 rings (SSSR count). The molecule has 0 saturated heterocycles. The van der Waals surface area contributed by atoms with Crippen molar-refractivity contribution in [3.05, 3.63) is 34.3 Å². The molecule has 1 N–H and O–H groups in total. The molecule has 0 aromatic heterocycles. The summed E-state index contributed by atoms with van der Waals surface area (Å²) in [5.41, 5.74) is 1.04. The van der Waals surface area contributed by atoms with Crippen LogP contribution in [0.3, 0.4) is 0 Å². The Balaban J connectivity index is 2.63. The minimum Gasteiger partial charge on any atom is -0.355 e. The molecule has 2 nitrogen and oxygen atoms in total. The number of amides is 1. The van der Waals surface area contributed by atoms with E-state index in [1.165, 1.54) is 0 Å². The van der Waals surface area contributed by atoms with E-state index in [0.29, 0.717) is 5.92 Å². The fraction of sp³-hybridized carbons (Fsp3) is 0.462. The number of hydrogen-bond donors (Lipinski definition) is 1. The van der Waals surface area contributed by atoms with Crippen LogP contribution in [0.25, 0.3) is 0 Å². The molecule has 0 aliphatic rings. The summed E-state index contributed by atoms with van der Waals surface area (Å²) in [4.78, 5) is 11.8. The molecule has 3 heteroatoms. The van der Waals surface area contributed by atoms with E-state index in [9.17, 15) is 4.79 Å². The minimum atomic E-state index is -0.101. The van der Waals surface area contributed by atoms with Gasteiger partial charge in [-0.3, -0.25) is 4.79 Å². The van der Waals surface area contributed by atoms with Crippen LogP contribution in [0.15, 0.2) is 28.7 Å². The molecule has 1 atom stereocenters. The summed E-state index contributed by atoms with van der Waals surface area (Å²) in [7, 11) is 0. The molecule has 0 aliphatic heterocycles. The van der Waals surface area contributed by atoms with Gasteiger partial charge in [-0.05, 0) is 30.5 Å². The number of nitrogens with one attached hydrogen (secondary N) is 1. The molecular formula is C13H18BrNO. The zero-order valence-corrected chi connectivity index (χ0v) is 11.5. The van der Waals surface area contributed by atoms with Crippen LogP contribution in [0.1, 0.15) is 32.3 Å². The Morgan fingerprint density at radius 1 is 1.38 bits per heavy atom. The lowest BCUT2D eigenvalue weighted by atomic mass is 10.0. The third kappa shape index (κ3) is 3.97. The molecule has 1 amide bonds. The van der Waals surface area contributed by atoms with Gasteiger partial charge in [0.05, 0.1) is 5.92 Å². The van der Waals surface area contributed by atoms with Crippen molar-refractivity contribution in [2.45, 2.75) is 26.7 Å². The molecule has 1 unspecified atom stereocenters. The number of benzene rings is 1. The molecule has 1 aromatic carbocycles. The normalized spacial score (nSPS) is 12.6. The van der Waals surface area contributed by atoms with Gasteiger partial charge in [0.2, 0.25) is 5.91 Å². The molecule has 1 aromatic rings. The van der Waals surface area contributed by atoms with E-state index in [4.69, 9.17) is 0 Å². The molecule has 0 fully saturated rings. The fourth-order valence-corrected chi connectivity index (χ4v) is 1.80. The van der Waals surface area contributed by atoms with Crippen LogP contribution in [-0.2, 0) is 4.79 Å². The van der Waals surface area contributed by atoms with Gasteiger partial charge in [0, 0.05) is 11.0 Å². The Morgan fingerprint density at radius 3 is 2.62 bits per heavy atom. The quantitative estimate of drug-likeness (QED) is 0.902. The molecule has 16 heavy (non-hydrogen) atoms. The molecule has 0 aliphatic carbocycles. The molecule has 0 heterocycles. The summed E-state index contributed by atoms with van der Waals surface area (Å²) in [5.74, 6) is 0.474. The van der Waals surface area contributed by atoms with E-state index in [1.54, 1.807) is 0 Å². The monoisotopic (exact) mass is 283 g/mol. The molecule has 0 spiro atoms. The van der Waals surface area contributed by atoms with Crippen LogP contribution in [-0.4, -0.2) is 12.5 Å². The predicted octanol–water partition coefficient (Wildman–Crippen LogP) is 3.32. The summed E-state index contributed by atoms with van der Waals surface area (Å²) in [5, 5.41) is 2.95. The minimum absolute atomic E-state index is 0.0896. The van der Waals surface area contributed by atoms with Gasteiger partial charge in [-0.2, -0.15) is 0 Å². The maximum atomic E-state index is 11.8. The maximum Gasteiger partial charge on any atom is 0.227 e. The number of carbonyl (C=O) groups excluding carboxylic acids is 1. The van der Waals surface area contributed by atoms with E-state index < -0.39 is 0 Å². The van der Waals surface area contributed by atoms with Crippen molar-refractivity contribution >= 4 is 21.8 Å². The van der Waals surface area contributed by atoms with Crippen LogP contribution in [0.2, 0.25) is 0 Å². The van der Waals surface area contributed by atoms with Gasteiger partial charge in [0.15, 0.2) is 0 Å². The van der Waals surface area contributed by atoms with Gasteiger partial charge in [0.1, 0.15) is 0 Å². The van der Waals surface area contributed by atoms with E-state index in [2.05, 4.69) is 35.1 Å². The van der Waals surface area contributed by atoms with Crippen molar-refractivity contribution in [3.8, 4) is 0 Å². The van der Waals surface area contributed by atoms with Gasteiger partial charge in [-0.1, -0.05) is 41.9 Å². The second kappa shape index (κ2) is 6.04. The third-order valence-corrected chi connectivity index (χ3v) is 2.92. The lowest BCUT2D eigenvalue weighted by Crippen LogP contribution is -2.31. The lowest BCUT2D eigenvalue weighted by Gasteiger charge is -2.14. The van der Waals surface area contributed by atoms with Crippen molar-refractivity contribution in [1.82, 2.24) is 5.32 Å². The summed E-state index contributed by atoms with van der Waals surface area (Å²) in [6, 6.07) is 7.87. The maximum absolute atomic E-state index is 11.8. The average Bonchev–Trinajstić information content (AvgIpc) is 2.24. The third-order valence-electron chi connectivity index (χ3n) is 2.43. The molecular weight excluding hydrogens is 266 g/mol. The summed E-state index contributed by atoms with van der Waals surface area (Å²) < 4.78 is 1.01. The summed E-state index contributed by atoms with van der Waals surface area (Å²) >= 11 is 3.41. The molecule has 0 saturated carbocycles. The van der Waals surface area contributed by atoms with Gasteiger partial charge in [-0.25, -0.2) is 0 Å². The van der Waals surface area contributed by atoms with Crippen LogP contribution >= 0.6 is 15.9 Å². The first kappa shape index (κ1) is 13.2. The SMILES string of the molecule is CC(C)CNC(=O)C(C)c1cccc(Br)c1. The van der Waals surface area contributed by atoms with Gasteiger partial charge < -0.3 is 5.32 Å². The highest BCUT2D eigenvalue weighted by molar-refractivity contribution is 9.10. The zero-order chi connectivity index (χ0) is 12.1. The van der Waals surface area contributed by atoms with E-state index in [-0.39, 0.29) is 11.8 Å². The highest BCUT2D eigenvalue weighted by Crippen LogP contribution is 2.19. The van der Waals surface area contributed by atoms with Crippen molar-refractivity contribution in [2.24, 2.45) is 5.92 Å². The van der Waals surface area contributed by atoms with E-state index in [1.807, 2.05) is 31.2 Å². The van der Waals surface area contributed by atoms with Crippen molar-refractivity contribution in [3.63, 3.8) is 0 Å². The van der Waals surface area contributed by atoms with Gasteiger partial charge >= 0.3 is 0 Å². The second-order valence-corrected chi connectivity index (χ2v) is 5.33. The second-order valence-electron chi connectivity index (χ2n) is 4.42. The van der Waals surface area contributed by atoms with Crippen LogP contribution < -0.4 is 5.32 Å². The molecule has 0 bridgehead atoms. The predicted molar refractivity (Wildman–Crippen MR) is 70.4 cm³/mol. The Kier molecular flexibility index (Phi) is 5.00. The highest BCUT2D eigenvalue weighted by Gasteiger charge is 2.14. The first-order valence-electron chi connectivity index (χ1n) is 5.54. The number of rotatable bonds is 4. The van der Waals surface area contributed by atoms with Crippen LogP contribution in [0, 0.1) is 5.92 Å². The first-order chi connectivity index (χ1) is 7.50. The number of carbonyl (C=O) groups is 1. The largest absolute Gasteiger partial charge is 0.355 e. The number of halogens is 1. The Labute approximate surface area is 106 Å². The van der Waals surface area contributed by atoms with Gasteiger partial charge in [0.25, 0.3) is 0 Å². The van der Waals surface area contributed by atoms with E-state index >= 15 is 0 Å². The number of hydrogen-bond acceptors (Lipinski definition) is 1. The van der Waals surface area contributed by atoms with E-state index in [0.717, 1.165) is 16.6 Å². The molecule has 0 radical (unpaired) electrons. The van der Waals surface area contributed by atoms with Crippen molar-refractivity contribution in [1.29, 1.82) is 0 Å².